The molecular formula is C11H16FNO. The van der Waals surface area contributed by atoms with Crippen molar-refractivity contribution in [2.24, 2.45) is 0 Å². The number of aryl methyl sites for hydroxylation is 1. The van der Waals surface area contributed by atoms with E-state index in [-0.39, 0.29) is 5.82 Å². The number of hydrogen-bond donors (Lipinski definition) is 1. The Labute approximate surface area is 84.0 Å². The third-order valence-electron chi connectivity index (χ3n) is 2.12. The first kappa shape index (κ1) is 11.1. The highest BCUT2D eigenvalue weighted by Gasteiger charge is 2.09. The predicted octanol–water partition coefficient (Wildman–Crippen LogP) is 1.73. The molecule has 1 rings (SSSR count). The molecule has 0 aliphatic heterocycles. The van der Waals surface area contributed by atoms with Crippen molar-refractivity contribution in [1.29, 1.82) is 0 Å². The highest BCUT2D eigenvalue weighted by Crippen LogP contribution is 2.16. The van der Waals surface area contributed by atoms with E-state index in [4.69, 9.17) is 0 Å². The molecule has 1 N–H and O–H groups in total. The van der Waals surface area contributed by atoms with E-state index in [0.717, 1.165) is 0 Å². The van der Waals surface area contributed by atoms with Gasteiger partial charge in [0.2, 0.25) is 0 Å². The summed E-state index contributed by atoms with van der Waals surface area (Å²) in [6.45, 7) is 2.21. The Kier molecular flexibility index (Phi) is 3.61. The predicted molar refractivity (Wildman–Crippen MR) is 54.7 cm³/mol. The average molecular weight is 197 g/mol. The first-order valence-corrected chi connectivity index (χ1v) is 4.59. The summed E-state index contributed by atoms with van der Waals surface area (Å²) in [5, 5.41) is 9.70. The van der Waals surface area contributed by atoms with Gasteiger partial charge in [-0.2, -0.15) is 0 Å². The van der Waals surface area contributed by atoms with Crippen LogP contribution in [0.5, 0.6) is 0 Å². The van der Waals surface area contributed by atoms with Crippen molar-refractivity contribution in [3.63, 3.8) is 0 Å². The minimum atomic E-state index is -0.625. The van der Waals surface area contributed by atoms with Crippen LogP contribution >= 0.6 is 0 Å². The van der Waals surface area contributed by atoms with E-state index >= 15 is 0 Å². The zero-order chi connectivity index (χ0) is 10.7. The first-order valence-electron chi connectivity index (χ1n) is 4.59. The average Bonchev–Trinajstić information content (AvgIpc) is 2.08. The Balaban J connectivity index is 2.80. The van der Waals surface area contributed by atoms with E-state index in [1.54, 1.807) is 19.1 Å². The molecule has 1 atom stereocenters. The maximum atomic E-state index is 13.2. The van der Waals surface area contributed by atoms with Gasteiger partial charge in [-0.15, -0.1) is 0 Å². The maximum absolute atomic E-state index is 13.2. The van der Waals surface area contributed by atoms with Crippen molar-refractivity contribution < 1.29 is 9.50 Å². The van der Waals surface area contributed by atoms with Gasteiger partial charge in [0.15, 0.2) is 0 Å². The Morgan fingerprint density at radius 3 is 2.57 bits per heavy atom. The van der Waals surface area contributed by atoms with Crippen molar-refractivity contribution in [2.45, 2.75) is 13.0 Å². The highest BCUT2D eigenvalue weighted by atomic mass is 19.1. The molecule has 1 aromatic rings. The largest absolute Gasteiger partial charge is 0.387 e. The van der Waals surface area contributed by atoms with Crippen LogP contribution in [0.1, 0.15) is 17.2 Å². The normalized spacial score (nSPS) is 13.3. The van der Waals surface area contributed by atoms with Gasteiger partial charge in [-0.05, 0) is 38.2 Å². The number of aliphatic hydroxyl groups excluding tert-OH is 1. The molecule has 0 fully saturated rings. The van der Waals surface area contributed by atoms with Crippen molar-refractivity contribution in [1.82, 2.24) is 4.90 Å². The van der Waals surface area contributed by atoms with Gasteiger partial charge in [0.25, 0.3) is 0 Å². The van der Waals surface area contributed by atoms with Crippen LogP contribution in [0, 0.1) is 12.7 Å². The summed E-state index contributed by atoms with van der Waals surface area (Å²) in [4.78, 5) is 1.86. The SMILES string of the molecule is Cc1ccc(C(O)CN(C)C)cc1F. The topological polar surface area (TPSA) is 23.5 Å². The highest BCUT2D eigenvalue weighted by molar-refractivity contribution is 5.25. The van der Waals surface area contributed by atoms with E-state index in [2.05, 4.69) is 0 Å². The summed E-state index contributed by atoms with van der Waals surface area (Å²) < 4.78 is 13.2. The van der Waals surface area contributed by atoms with Crippen molar-refractivity contribution >= 4 is 0 Å². The number of halogens is 1. The van der Waals surface area contributed by atoms with Gasteiger partial charge in [-0.25, -0.2) is 4.39 Å². The Bertz CT molecular complexity index is 312. The third kappa shape index (κ3) is 2.79. The first-order chi connectivity index (χ1) is 6.50. The summed E-state index contributed by atoms with van der Waals surface area (Å²) in [6, 6.07) is 4.83. The van der Waals surface area contributed by atoms with E-state index < -0.39 is 6.10 Å². The van der Waals surface area contributed by atoms with Gasteiger partial charge < -0.3 is 10.0 Å². The van der Waals surface area contributed by atoms with Crippen LogP contribution in [0.4, 0.5) is 4.39 Å². The minimum Gasteiger partial charge on any atom is -0.387 e. The molecule has 0 saturated carbocycles. The Morgan fingerprint density at radius 2 is 2.07 bits per heavy atom. The Hall–Kier alpha value is -0.930. The fraction of sp³-hybridized carbons (Fsp3) is 0.455. The quantitative estimate of drug-likeness (QED) is 0.797. The molecule has 0 aromatic heterocycles. The molecule has 3 heteroatoms. The molecule has 2 nitrogen and oxygen atoms in total. The van der Waals surface area contributed by atoms with Gasteiger partial charge in [-0.1, -0.05) is 12.1 Å². The molecule has 1 aromatic carbocycles. The van der Waals surface area contributed by atoms with Crippen LogP contribution < -0.4 is 0 Å². The van der Waals surface area contributed by atoms with Crippen LogP contribution in [0.3, 0.4) is 0 Å². The molecular weight excluding hydrogens is 181 g/mol. The molecule has 0 radical (unpaired) electrons. The molecule has 0 bridgehead atoms. The van der Waals surface area contributed by atoms with Crippen LogP contribution in [0.25, 0.3) is 0 Å². The lowest BCUT2D eigenvalue weighted by atomic mass is 10.1. The standard InChI is InChI=1S/C11H16FNO/c1-8-4-5-9(6-10(8)12)11(14)7-13(2)3/h4-6,11,14H,7H2,1-3H3. The fourth-order valence-corrected chi connectivity index (χ4v) is 1.27. The Morgan fingerprint density at radius 1 is 1.43 bits per heavy atom. The lowest BCUT2D eigenvalue weighted by molar-refractivity contribution is 0.138. The van der Waals surface area contributed by atoms with Gasteiger partial charge >= 0.3 is 0 Å². The summed E-state index contributed by atoms with van der Waals surface area (Å²) in [6.07, 6.45) is -0.625. The van der Waals surface area contributed by atoms with Gasteiger partial charge in [0, 0.05) is 6.54 Å². The molecule has 14 heavy (non-hydrogen) atoms. The second-order valence-corrected chi connectivity index (χ2v) is 3.79. The van der Waals surface area contributed by atoms with Gasteiger partial charge in [-0.3, -0.25) is 0 Å². The number of likely N-dealkylation sites (N-methyl/N-ethyl adjacent to an activating group) is 1. The van der Waals surface area contributed by atoms with Crippen LogP contribution in [0.15, 0.2) is 18.2 Å². The molecule has 0 saturated heterocycles. The van der Waals surface area contributed by atoms with Crippen LogP contribution in [-0.4, -0.2) is 30.6 Å². The van der Waals surface area contributed by atoms with Gasteiger partial charge in [0.05, 0.1) is 6.10 Å². The minimum absolute atomic E-state index is 0.264. The zero-order valence-corrected chi connectivity index (χ0v) is 8.79. The molecule has 0 heterocycles. The van der Waals surface area contributed by atoms with Crippen molar-refractivity contribution in [3.8, 4) is 0 Å². The molecule has 78 valence electrons. The summed E-state index contributed by atoms with van der Waals surface area (Å²) in [5.41, 5.74) is 1.23. The third-order valence-corrected chi connectivity index (χ3v) is 2.12. The van der Waals surface area contributed by atoms with E-state index in [1.165, 1.54) is 6.07 Å². The number of rotatable bonds is 3. The zero-order valence-electron chi connectivity index (χ0n) is 8.79. The maximum Gasteiger partial charge on any atom is 0.126 e. The lowest BCUT2D eigenvalue weighted by Gasteiger charge is -2.16. The van der Waals surface area contributed by atoms with E-state index in [9.17, 15) is 9.50 Å². The molecule has 0 amide bonds. The molecule has 0 aliphatic carbocycles. The molecule has 0 spiro atoms. The number of aliphatic hydroxyl groups is 1. The number of benzene rings is 1. The number of hydrogen-bond acceptors (Lipinski definition) is 2. The van der Waals surface area contributed by atoms with E-state index in [1.807, 2.05) is 19.0 Å². The van der Waals surface area contributed by atoms with Gasteiger partial charge in [0.1, 0.15) is 5.82 Å². The smallest absolute Gasteiger partial charge is 0.126 e. The second kappa shape index (κ2) is 4.53. The summed E-state index contributed by atoms with van der Waals surface area (Å²) in [5.74, 6) is -0.264. The lowest BCUT2D eigenvalue weighted by Crippen LogP contribution is -2.20. The van der Waals surface area contributed by atoms with Crippen molar-refractivity contribution in [2.75, 3.05) is 20.6 Å². The molecule has 0 aliphatic rings. The number of nitrogens with zero attached hydrogens (tertiary/aromatic N) is 1. The second-order valence-electron chi connectivity index (χ2n) is 3.79. The fourth-order valence-electron chi connectivity index (χ4n) is 1.27. The molecule has 1 unspecified atom stereocenters. The van der Waals surface area contributed by atoms with E-state index in [0.29, 0.717) is 17.7 Å². The monoisotopic (exact) mass is 197 g/mol. The summed E-state index contributed by atoms with van der Waals surface area (Å²) >= 11 is 0. The van der Waals surface area contributed by atoms with Crippen LogP contribution in [0.2, 0.25) is 0 Å². The summed E-state index contributed by atoms with van der Waals surface area (Å²) in [7, 11) is 3.74. The van der Waals surface area contributed by atoms with Crippen molar-refractivity contribution in [3.05, 3.63) is 35.1 Å². The van der Waals surface area contributed by atoms with Crippen LogP contribution in [-0.2, 0) is 0 Å².